The number of nitrogens with two attached hydrogens (primary N) is 1. The van der Waals surface area contributed by atoms with Gasteiger partial charge in [0.15, 0.2) is 23.1 Å². The molecule has 8 aromatic rings. The maximum atomic E-state index is 15.0. The third-order valence-corrected chi connectivity index (χ3v) is 16.9. The number of Topliss-reactive ketones (excluding diaryl/α,β-unsaturated/α-hetero) is 2. The zero-order valence-electron chi connectivity index (χ0n) is 49.1. The molecule has 7 N–H and O–H groups in total. The average molecular weight is 1280 g/mol. The van der Waals surface area contributed by atoms with Crippen LogP contribution in [0.25, 0.3) is 44.3 Å². The molecule has 0 spiro atoms. The van der Waals surface area contributed by atoms with Gasteiger partial charge >= 0.3 is 12.4 Å². The summed E-state index contributed by atoms with van der Waals surface area (Å²) < 4.78 is 154. The number of nitrogens with zero attached hydrogens (tertiary/aromatic N) is 4. The van der Waals surface area contributed by atoms with Crippen LogP contribution >= 0.6 is 0 Å². The minimum absolute atomic E-state index is 0.0247. The van der Waals surface area contributed by atoms with Crippen LogP contribution in [0.15, 0.2) is 122 Å². The van der Waals surface area contributed by atoms with E-state index < -0.39 is 111 Å². The van der Waals surface area contributed by atoms with Gasteiger partial charge in [0.05, 0.1) is 51.4 Å². The molecule has 5 atom stereocenters. The zero-order chi connectivity index (χ0) is 65.4. The Bertz CT molecular complexity index is 4020. The van der Waals surface area contributed by atoms with E-state index in [4.69, 9.17) is 29.8 Å². The molecule has 0 bridgehead atoms. The van der Waals surface area contributed by atoms with E-state index in [9.17, 15) is 64.2 Å². The van der Waals surface area contributed by atoms with Crippen molar-refractivity contribution >= 4 is 44.4 Å². The van der Waals surface area contributed by atoms with E-state index in [1.807, 2.05) is 0 Å². The molecule has 10 rings (SSSR count). The van der Waals surface area contributed by atoms with Crippen LogP contribution in [0.2, 0.25) is 0 Å². The van der Waals surface area contributed by atoms with Gasteiger partial charge in [0, 0.05) is 69.4 Å². The molecule has 0 radical (unpaired) electrons. The maximum Gasteiger partial charge on any atom is 0.422 e. The molecule has 1 unspecified atom stereocenters. The predicted molar refractivity (Wildman–Crippen MR) is 316 cm³/mol. The van der Waals surface area contributed by atoms with Gasteiger partial charge in [-0.1, -0.05) is 12.1 Å². The van der Waals surface area contributed by atoms with Crippen LogP contribution in [0.5, 0.6) is 23.0 Å². The maximum absolute atomic E-state index is 15.0. The first kappa shape index (κ1) is 66.3. The molecule has 2 aliphatic rings. The molecule has 0 amide bonds. The topological polar surface area (TPSA) is 259 Å². The van der Waals surface area contributed by atoms with Gasteiger partial charge in [0.25, 0.3) is 0 Å². The number of aliphatic hydroxyl groups excluding tert-OH is 2. The van der Waals surface area contributed by atoms with Crippen LogP contribution in [0, 0.1) is 11.6 Å². The van der Waals surface area contributed by atoms with E-state index in [0.29, 0.717) is 21.8 Å². The van der Waals surface area contributed by atoms with Gasteiger partial charge in [-0.05, 0) is 145 Å². The molecule has 0 fully saturated rings. The lowest BCUT2D eigenvalue weighted by Crippen LogP contribution is -2.47. The second kappa shape index (κ2) is 25.6. The predicted octanol–water partition coefficient (Wildman–Crippen LogP) is 10.7. The molecule has 17 nitrogen and oxygen atoms in total. The molecule has 476 valence electrons. The molecule has 90 heavy (non-hydrogen) atoms. The summed E-state index contributed by atoms with van der Waals surface area (Å²) in [5, 5.41) is 42.1. The van der Waals surface area contributed by atoms with Crippen molar-refractivity contribution in [1.29, 1.82) is 0 Å². The number of nitrogens with one attached hydrogen (secondary N) is 1. The van der Waals surface area contributed by atoms with Gasteiger partial charge in [0.2, 0.25) is 11.2 Å². The minimum atomic E-state index is -5.30. The monoisotopic (exact) mass is 1270 g/mol. The summed E-state index contributed by atoms with van der Waals surface area (Å²) in [4.78, 5) is 43.5. The lowest BCUT2D eigenvalue weighted by atomic mass is 9.86. The molecule has 0 saturated carbocycles. The number of carbonyl (C=O) groups excluding carboxylic acids is 2. The number of rotatable bonds is 20. The number of hydrogen-bond donors (Lipinski definition) is 6. The van der Waals surface area contributed by atoms with Crippen LogP contribution in [0.4, 0.5) is 35.1 Å². The van der Waals surface area contributed by atoms with Crippen molar-refractivity contribution in [3.05, 3.63) is 167 Å². The Balaban J connectivity index is 0.000000215. The van der Waals surface area contributed by atoms with Gasteiger partial charge in [-0.3, -0.25) is 19.6 Å². The largest absolute Gasteiger partial charge is 0.489 e. The van der Waals surface area contributed by atoms with Crippen LogP contribution in [0.1, 0.15) is 104 Å². The van der Waals surface area contributed by atoms with E-state index >= 15 is 0 Å². The number of hydrogen-bond acceptors (Lipinski definition) is 16. The molecular formula is C64H62F8N6O11S. The lowest BCUT2D eigenvalue weighted by molar-refractivity contribution is -0.270. The number of halogens is 8. The van der Waals surface area contributed by atoms with E-state index in [2.05, 4.69) is 24.7 Å². The van der Waals surface area contributed by atoms with Gasteiger partial charge < -0.3 is 45.1 Å². The van der Waals surface area contributed by atoms with E-state index in [0.717, 1.165) is 36.4 Å². The first-order chi connectivity index (χ1) is 42.3. The number of ether oxygens (including phenoxy) is 4. The molecule has 26 heteroatoms. The molecule has 0 saturated heterocycles. The smallest absolute Gasteiger partial charge is 0.422 e. The highest BCUT2D eigenvalue weighted by Crippen LogP contribution is 2.51. The number of benzene rings is 4. The number of aromatic nitrogens is 4. The Hall–Kier alpha value is -8.11. The van der Waals surface area contributed by atoms with Crippen molar-refractivity contribution in [3.8, 4) is 45.5 Å². The molecular weight excluding hydrogens is 1210 g/mol. The summed E-state index contributed by atoms with van der Waals surface area (Å²) >= 11 is 0. The number of aliphatic hydroxyl groups is 4. The number of ketones is 2. The van der Waals surface area contributed by atoms with Gasteiger partial charge in [-0.2, -0.15) is 26.3 Å². The third-order valence-electron chi connectivity index (χ3n) is 15.2. The van der Waals surface area contributed by atoms with E-state index in [1.54, 1.807) is 58.9 Å². The molecule has 0 aliphatic carbocycles. The summed E-state index contributed by atoms with van der Waals surface area (Å²) in [6.45, 7) is 7.39. The Labute approximate surface area is 512 Å². The second-order valence-electron chi connectivity index (χ2n) is 23.1. The van der Waals surface area contributed by atoms with Crippen molar-refractivity contribution in [2.24, 2.45) is 5.73 Å². The van der Waals surface area contributed by atoms with Crippen LogP contribution < -0.4 is 29.4 Å². The van der Waals surface area contributed by atoms with Crippen molar-refractivity contribution in [2.75, 3.05) is 39.6 Å². The van der Waals surface area contributed by atoms with Crippen LogP contribution in [-0.2, 0) is 33.3 Å². The lowest BCUT2D eigenvalue weighted by Gasteiger charge is -2.32. The quantitative estimate of drug-likeness (QED) is 0.0306. The molecule has 4 aromatic heterocycles. The highest BCUT2D eigenvalue weighted by Gasteiger charge is 2.58. The summed E-state index contributed by atoms with van der Waals surface area (Å²) in [6.07, 6.45) is -11.1. The number of carbonyl (C=O) groups is 2. The third kappa shape index (κ3) is 13.6. The van der Waals surface area contributed by atoms with Gasteiger partial charge in [-0.15, -0.1) is 0 Å². The number of pyridine rings is 4. The first-order valence-electron chi connectivity index (χ1n) is 28.1. The fourth-order valence-electron chi connectivity index (χ4n) is 10.1. The summed E-state index contributed by atoms with van der Waals surface area (Å²) in [7, 11) is -1.68. The highest BCUT2D eigenvalue weighted by atomic mass is 32.2. The van der Waals surface area contributed by atoms with Crippen molar-refractivity contribution in [2.45, 2.75) is 99.7 Å². The Morgan fingerprint density at radius 3 is 1.46 bits per heavy atom. The van der Waals surface area contributed by atoms with E-state index in [1.165, 1.54) is 60.9 Å². The normalized spacial score (nSPS) is 18.1. The second-order valence-corrected chi connectivity index (χ2v) is 25.1. The number of fused-ring (bicyclic) bond motifs is 4. The Morgan fingerprint density at radius 2 is 1.04 bits per heavy atom. The standard InChI is InChI=1S/C34H35F4N3O6S.C30H27F4N3O5/c1-31(2,3)48(45)41-32(4)19-47-30-24(32)18-27(40-29(30)20-7-9-23(35)10-8-20)33(44,34(36,37)38)12-11-25(43)22-16-21-6-5-13-39-28(21)26(17-22)46-15-14-42;1-28(35)16-42-27-21(28)15-24(37-26(27)17-4-6-20(31)7-5-17)29(40,30(32,33)34)9-8-22(39)19-13-18-3-2-10-36-25(18)23(14-19)41-12-11-38/h5-10,13,16-18,41-42,44H,11-12,14-15,19H2,1-4H3;2-7,10,13-15,38,40H,8-9,11-12,16,35H2,1H3/t32-,33-,48?;28-,29-/m11/s1. The van der Waals surface area contributed by atoms with Crippen molar-refractivity contribution < 1.29 is 88.3 Å². The Kier molecular flexibility index (Phi) is 18.9. The van der Waals surface area contributed by atoms with Crippen LogP contribution in [-0.4, -0.2) is 113 Å². The summed E-state index contributed by atoms with van der Waals surface area (Å²) in [6, 6.07) is 24.1. The SMILES string of the molecule is CC(C)(C)S(=O)N[C@]1(C)COc2c1cc([C@](O)(CCC(=O)c1cc(OCCO)c3ncccc3c1)C(F)(F)F)nc2-c1ccc(F)cc1.C[C@@]1(N)COc2c1cc([C@](O)(CCC(=O)c1cc(OCCO)c3ncccc3c1)C(F)(F)F)nc2-c1ccc(F)cc1. The average Bonchev–Trinajstić information content (AvgIpc) is 2.28. The zero-order valence-corrected chi connectivity index (χ0v) is 49.9. The minimum Gasteiger partial charge on any atom is -0.489 e. The molecule has 2 aliphatic heterocycles. The Morgan fingerprint density at radius 1 is 0.633 bits per heavy atom. The van der Waals surface area contributed by atoms with Crippen molar-refractivity contribution in [3.63, 3.8) is 0 Å². The first-order valence-corrected chi connectivity index (χ1v) is 29.2. The number of alkyl halides is 6. The summed E-state index contributed by atoms with van der Waals surface area (Å²) in [5.41, 5.74) is -3.32. The van der Waals surface area contributed by atoms with Crippen molar-refractivity contribution in [1.82, 2.24) is 24.7 Å². The van der Waals surface area contributed by atoms with E-state index in [-0.39, 0.29) is 107 Å². The fraction of sp³-hybridized carbons (Fsp3) is 0.344. The fourth-order valence-corrected chi connectivity index (χ4v) is 11.0. The highest BCUT2D eigenvalue weighted by molar-refractivity contribution is 7.84. The molecule has 6 heterocycles. The van der Waals surface area contributed by atoms with Gasteiger partial charge in [0.1, 0.15) is 72.0 Å². The van der Waals surface area contributed by atoms with Crippen LogP contribution in [0.3, 0.4) is 0 Å². The molecule has 4 aromatic carbocycles. The summed E-state index contributed by atoms with van der Waals surface area (Å²) in [5.74, 6) is -1.97. The van der Waals surface area contributed by atoms with Gasteiger partial charge in [-0.25, -0.2) is 27.7 Å².